The van der Waals surface area contributed by atoms with E-state index in [0.717, 1.165) is 25.7 Å². The topological polar surface area (TPSA) is 97.7 Å². The number of nitrogens with one attached hydrogen (secondary N) is 1. The van der Waals surface area contributed by atoms with E-state index in [2.05, 4.69) is 5.32 Å². The Morgan fingerprint density at radius 3 is 2.59 bits per heavy atom. The van der Waals surface area contributed by atoms with Crippen molar-refractivity contribution in [1.29, 1.82) is 0 Å². The summed E-state index contributed by atoms with van der Waals surface area (Å²) in [7, 11) is -2.28. The molecule has 1 aliphatic carbocycles. The molecule has 1 amide bonds. The molecule has 0 unspecified atom stereocenters. The van der Waals surface area contributed by atoms with E-state index in [1.54, 1.807) is 14.0 Å². The summed E-state index contributed by atoms with van der Waals surface area (Å²) in [5.74, 6) is -0.789. The summed E-state index contributed by atoms with van der Waals surface area (Å²) in [6.07, 6.45) is 6.64. The number of aromatic nitrogens is 1. The van der Waals surface area contributed by atoms with Gasteiger partial charge in [0, 0.05) is 25.8 Å². The predicted molar refractivity (Wildman–Crippen MR) is 98.7 cm³/mol. The van der Waals surface area contributed by atoms with Crippen molar-refractivity contribution < 1.29 is 22.7 Å². The van der Waals surface area contributed by atoms with E-state index in [1.807, 2.05) is 0 Å². The molecule has 1 saturated carbocycles. The maximum Gasteiger partial charge on any atom is 0.354 e. The van der Waals surface area contributed by atoms with Gasteiger partial charge in [-0.25, -0.2) is 13.2 Å². The summed E-state index contributed by atoms with van der Waals surface area (Å²) in [4.78, 5) is 24.6. The van der Waals surface area contributed by atoms with Crippen LogP contribution in [0.5, 0.6) is 0 Å². The van der Waals surface area contributed by atoms with E-state index in [9.17, 15) is 18.0 Å². The van der Waals surface area contributed by atoms with Crippen LogP contribution in [0, 0.1) is 0 Å². The Bertz CT molecular complexity index is 811. The second-order valence-electron chi connectivity index (χ2n) is 7.16. The molecule has 1 N–H and O–H groups in total. The van der Waals surface area contributed by atoms with Gasteiger partial charge in [0.15, 0.2) is 0 Å². The van der Waals surface area contributed by atoms with E-state index in [1.165, 1.54) is 21.1 Å². The van der Waals surface area contributed by atoms with Crippen molar-refractivity contribution in [1.82, 2.24) is 14.2 Å². The summed E-state index contributed by atoms with van der Waals surface area (Å²) in [5.41, 5.74) is 0.168. The molecule has 1 aromatic rings. The molecule has 1 atom stereocenters. The van der Waals surface area contributed by atoms with Crippen molar-refractivity contribution in [2.45, 2.75) is 62.4 Å². The van der Waals surface area contributed by atoms with Crippen LogP contribution in [0.15, 0.2) is 17.2 Å². The highest BCUT2D eigenvalue weighted by atomic mass is 32.2. The fraction of sp³-hybridized carbons (Fsp3) is 0.667. The van der Waals surface area contributed by atoms with E-state index >= 15 is 0 Å². The molecule has 1 aromatic heterocycles. The minimum atomic E-state index is -3.87. The highest BCUT2D eigenvalue weighted by Crippen LogP contribution is 2.28. The molecule has 9 heteroatoms. The summed E-state index contributed by atoms with van der Waals surface area (Å²) < 4.78 is 33.9. The van der Waals surface area contributed by atoms with Crippen LogP contribution in [0.3, 0.4) is 0 Å². The lowest BCUT2D eigenvalue weighted by Gasteiger charge is -2.24. The molecule has 2 fully saturated rings. The van der Waals surface area contributed by atoms with Gasteiger partial charge in [-0.2, -0.15) is 4.31 Å². The van der Waals surface area contributed by atoms with Crippen molar-refractivity contribution in [2.75, 3.05) is 13.2 Å². The molecule has 2 heterocycles. The number of carbonyl (C=O) groups excluding carboxylic acids is 2. The lowest BCUT2D eigenvalue weighted by atomic mass is 10.2. The zero-order valence-electron chi connectivity index (χ0n) is 15.8. The van der Waals surface area contributed by atoms with Crippen molar-refractivity contribution in [3.63, 3.8) is 0 Å². The molecule has 8 nitrogen and oxygen atoms in total. The van der Waals surface area contributed by atoms with E-state index in [-0.39, 0.29) is 29.1 Å². The highest BCUT2D eigenvalue weighted by molar-refractivity contribution is 7.89. The zero-order chi connectivity index (χ0) is 19.6. The number of rotatable bonds is 6. The number of aryl methyl sites for hydroxylation is 1. The Morgan fingerprint density at radius 1 is 1.22 bits per heavy atom. The molecule has 0 bridgehead atoms. The number of sulfonamides is 1. The Labute approximate surface area is 159 Å². The number of carbonyl (C=O) groups is 2. The van der Waals surface area contributed by atoms with Crippen LogP contribution >= 0.6 is 0 Å². The summed E-state index contributed by atoms with van der Waals surface area (Å²) in [6, 6.07) is 0.772. The second-order valence-corrected chi connectivity index (χ2v) is 9.05. The number of hydrogen-bond acceptors (Lipinski definition) is 5. The van der Waals surface area contributed by atoms with Gasteiger partial charge >= 0.3 is 5.97 Å². The van der Waals surface area contributed by atoms with Gasteiger partial charge in [-0.05, 0) is 38.7 Å². The zero-order valence-corrected chi connectivity index (χ0v) is 16.6. The molecule has 3 rings (SSSR count). The maximum absolute atomic E-state index is 13.1. The van der Waals surface area contributed by atoms with Crippen molar-refractivity contribution in [3.8, 4) is 0 Å². The summed E-state index contributed by atoms with van der Waals surface area (Å²) >= 11 is 0. The Balaban J connectivity index is 1.79. The van der Waals surface area contributed by atoms with Gasteiger partial charge in [-0.1, -0.05) is 12.8 Å². The number of esters is 1. The number of nitrogens with zero attached hydrogens (tertiary/aromatic N) is 2. The van der Waals surface area contributed by atoms with Gasteiger partial charge < -0.3 is 14.6 Å². The average molecular weight is 397 g/mol. The molecule has 1 aliphatic heterocycles. The standard InChI is InChI=1S/C18H27N3O5S/c1-3-26-18(23)16-11-14(12-20(16)2)27(24,25)21-10-6-9-15(21)17(22)19-13-7-4-5-8-13/h11-13,15H,3-10H2,1-2H3,(H,19,22)/t15-/m0/s1. The fourth-order valence-corrected chi connectivity index (χ4v) is 5.60. The van der Waals surface area contributed by atoms with Gasteiger partial charge in [0.05, 0.1) is 6.61 Å². The number of hydrogen-bond donors (Lipinski definition) is 1. The van der Waals surface area contributed by atoms with Crippen LogP contribution in [-0.4, -0.2) is 54.4 Å². The molecule has 1 saturated heterocycles. The average Bonchev–Trinajstić information content (AvgIpc) is 3.35. The largest absolute Gasteiger partial charge is 0.461 e. The van der Waals surface area contributed by atoms with Gasteiger partial charge in [-0.15, -0.1) is 0 Å². The quantitative estimate of drug-likeness (QED) is 0.732. The lowest BCUT2D eigenvalue weighted by Crippen LogP contribution is -2.48. The van der Waals surface area contributed by atoms with Crippen LogP contribution in [0.25, 0.3) is 0 Å². The normalized spacial score (nSPS) is 21.5. The van der Waals surface area contributed by atoms with E-state index in [0.29, 0.717) is 19.4 Å². The minimum absolute atomic E-state index is 0.00798. The third-order valence-corrected chi connectivity index (χ3v) is 7.15. The van der Waals surface area contributed by atoms with Gasteiger partial charge in [0.25, 0.3) is 0 Å². The first-order valence-electron chi connectivity index (χ1n) is 9.50. The molecule has 0 aromatic carbocycles. The molecule has 0 radical (unpaired) electrons. The first-order valence-corrected chi connectivity index (χ1v) is 10.9. The van der Waals surface area contributed by atoms with Crippen molar-refractivity contribution in [3.05, 3.63) is 18.0 Å². The molecule has 2 aliphatic rings. The highest BCUT2D eigenvalue weighted by Gasteiger charge is 2.40. The third kappa shape index (κ3) is 4.03. The van der Waals surface area contributed by atoms with Gasteiger partial charge in [-0.3, -0.25) is 4.79 Å². The molecule has 0 spiro atoms. The SMILES string of the molecule is CCOC(=O)c1cc(S(=O)(=O)N2CCC[C@H]2C(=O)NC2CCCC2)cn1C. The Hall–Kier alpha value is -1.87. The predicted octanol–water partition coefficient (Wildman–Crippen LogP) is 1.41. The smallest absolute Gasteiger partial charge is 0.354 e. The van der Waals surface area contributed by atoms with Crippen LogP contribution in [-0.2, 0) is 26.6 Å². The number of ether oxygens (including phenoxy) is 1. The first-order chi connectivity index (χ1) is 12.8. The number of amides is 1. The molecule has 150 valence electrons. The van der Waals surface area contributed by atoms with Crippen LogP contribution in [0.2, 0.25) is 0 Å². The van der Waals surface area contributed by atoms with Gasteiger partial charge in [0.2, 0.25) is 15.9 Å². The molecular formula is C18H27N3O5S. The molecule has 27 heavy (non-hydrogen) atoms. The monoisotopic (exact) mass is 397 g/mol. The van der Waals surface area contributed by atoms with Crippen LogP contribution in [0.1, 0.15) is 55.9 Å². The lowest BCUT2D eigenvalue weighted by molar-refractivity contribution is -0.124. The minimum Gasteiger partial charge on any atom is -0.461 e. The van der Waals surface area contributed by atoms with Crippen molar-refractivity contribution >= 4 is 21.9 Å². The Kier molecular flexibility index (Phi) is 5.90. The van der Waals surface area contributed by atoms with Crippen molar-refractivity contribution in [2.24, 2.45) is 7.05 Å². The van der Waals surface area contributed by atoms with Crippen LogP contribution < -0.4 is 5.32 Å². The van der Waals surface area contributed by atoms with Crippen LogP contribution in [0.4, 0.5) is 0 Å². The third-order valence-electron chi connectivity index (χ3n) is 5.28. The van der Waals surface area contributed by atoms with Gasteiger partial charge in [0.1, 0.15) is 16.6 Å². The summed E-state index contributed by atoms with van der Waals surface area (Å²) in [6.45, 7) is 2.20. The second kappa shape index (κ2) is 8.02. The molecular weight excluding hydrogens is 370 g/mol. The van der Waals surface area contributed by atoms with E-state index < -0.39 is 22.0 Å². The fourth-order valence-electron chi connectivity index (χ4n) is 3.88. The maximum atomic E-state index is 13.1. The summed E-state index contributed by atoms with van der Waals surface area (Å²) in [5, 5.41) is 3.00. The Morgan fingerprint density at radius 2 is 1.93 bits per heavy atom. The van der Waals surface area contributed by atoms with E-state index in [4.69, 9.17) is 4.74 Å². The first kappa shape index (κ1) is 19.9.